The Morgan fingerprint density at radius 3 is 2.38 bits per heavy atom. The largest absolute Gasteiger partial charge is 0.469 e. The standard InChI is InChI=1S/C11H16F2O3/c1-15-9(14)6-10(8-7-16-8)2-4-11(12,13)5-3-10/h8H,2-7H2,1H3. The van der Waals surface area contributed by atoms with Crippen molar-refractivity contribution in [3.05, 3.63) is 0 Å². The molecular weight excluding hydrogens is 218 g/mol. The molecule has 2 rings (SSSR count). The van der Waals surface area contributed by atoms with E-state index in [4.69, 9.17) is 4.74 Å². The van der Waals surface area contributed by atoms with Gasteiger partial charge in [0.15, 0.2) is 0 Å². The molecule has 5 heteroatoms. The van der Waals surface area contributed by atoms with Crippen molar-refractivity contribution in [1.82, 2.24) is 0 Å². The molecule has 1 unspecified atom stereocenters. The second kappa shape index (κ2) is 3.95. The zero-order valence-corrected chi connectivity index (χ0v) is 9.30. The number of halogens is 2. The van der Waals surface area contributed by atoms with Crippen molar-refractivity contribution in [2.75, 3.05) is 13.7 Å². The molecule has 0 spiro atoms. The third-order valence-electron chi connectivity index (χ3n) is 3.72. The van der Waals surface area contributed by atoms with Gasteiger partial charge in [0.25, 0.3) is 0 Å². The highest BCUT2D eigenvalue weighted by Gasteiger charge is 2.53. The van der Waals surface area contributed by atoms with Gasteiger partial charge in [-0.25, -0.2) is 8.78 Å². The number of carbonyl (C=O) groups is 1. The number of epoxide rings is 1. The second-order valence-corrected chi connectivity index (χ2v) is 4.79. The van der Waals surface area contributed by atoms with Gasteiger partial charge in [-0.2, -0.15) is 0 Å². The summed E-state index contributed by atoms with van der Waals surface area (Å²) >= 11 is 0. The van der Waals surface area contributed by atoms with Crippen LogP contribution in [0.5, 0.6) is 0 Å². The molecule has 1 atom stereocenters. The number of rotatable bonds is 3. The topological polar surface area (TPSA) is 38.8 Å². The molecule has 1 aliphatic heterocycles. The minimum atomic E-state index is -2.57. The van der Waals surface area contributed by atoms with Crippen LogP contribution in [0.15, 0.2) is 0 Å². The SMILES string of the molecule is COC(=O)CC1(C2CO2)CCC(F)(F)CC1. The molecule has 0 bridgehead atoms. The maximum atomic E-state index is 13.1. The van der Waals surface area contributed by atoms with Crippen LogP contribution in [0.25, 0.3) is 0 Å². The Hall–Kier alpha value is -0.710. The average molecular weight is 234 g/mol. The molecule has 0 amide bonds. The molecule has 1 heterocycles. The molecule has 0 N–H and O–H groups in total. The maximum absolute atomic E-state index is 13.1. The molecular formula is C11H16F2O3. The smallest absolute Gasteiger partial charge is 0.306 e. The van der Waals surface area contributed by atoms with E-state index in [-0.39, 0.29) is 31.3 Å². The van der Waals surface area contributed by atoms with Crippen molar-refractivity contribution < 1.29 is 23.0 Å². The first kappa shape index (κ1) is 11.8. The van der Waals surface area contributed by atoms with E-state index in [1.54, 1.807) is 0 Å². The highest BCUT2D eigenvalue weighted by atomic mass is 19.3. The highest BCUT2D eigenvalue weighted by molar-refractivity contribution is 5.70. The summed E-state index contributed by atoms with van der Waals surface area (Å²) < 4.78 is 36.0. The molecule has 2 fully saturated rings. The van der Waals surface area contributed by atoms with Crippen molar-refractivity contribution >= 4 is 5.97 Å². The first-order chi connectivity index (χ1) is 7.47. The molecule has 16 heavy (non-hydrogen) atoms. The van der Waals surface area contributed by atoms with E-state index < -0.39 is 11.3 Å². The van der Waals surface area contributed by atoms with E-state index >= 15 is 0 Å². The molecule has 92 valence electrons. The summed E-state index contributed by atoms with van der Waals surface area (Å²) in [5, 5.41) is 0. The van der Waals surface area contributed by atoms with Crippen LogP contribution in [0.2, 0.25) is 0 Å². The fourth-order valence-electron chi connectivity index (χ4n) is 2.49. The van der Waals surface area contributed by atoms with Gasteiger partial charge in [-0.1, -0.05) is 0 Å². The van der Waals surface area contributed by atoms with Crippen molar-refractivity contribution in [2.24, 2.45) is 5.41 Å². The van der Waals surface area contributed by atoms with Crippen LogP contribution in [0.1, 0.15) is 32.1 Å². The second-order valence-electron chi connectivity index (χ2n) is 4.79. The van der Waals surface area contributed by atoms with E-state index in [0.29, 0.717) is 19.4 Å². The Labute approximate surface area is 93.1 Å². The lowest BCUT2D eigenvalue weighted by Gasteiger charge is -2.38. The van der Waals surface area contributed by atoms with Crippen LogP contribution >= 0.6 is 0 Å². The maximum Gasteiger partial charge on any atom is 0.306 e. The first-order valence-corrected chi connectivity index (χ1v) is 5.54. The fraction of sp³-hybridized carbons (Fsp3) is 0.909. The summed E-state index contributed by atoms with van der Waals surface area (Å²) in [5.74, 6) is -2.91. The van der Waals surface area contributed by atoms with Gasteiger partial charge in [0.05, 0.1) is 26.2 Å². The molecule has 1 saturated heterocycles. The minimum absolute atomic E-state index is 0.0253. The summed E-state index contributed by atoms with van der Waals surface area (Å²) in [6.45, 7) is 0.586. The van der Waals surface area contributed by atoms with Crippen LogP contribution < -0.4 is 0 Å². The summed E-state index contributed by atoms with van der Waals surface area (Å²) in [6, 6.07) is 0. The van der Waals surface area contributed by atoms with Gasteiger partial charge in [0.1, 0.15) is 0 Å². The summed E-state index contributed by atoms with van der Waals surface area (Å²) in [5.41, 5.74) is -0.408. The number of esters is 1. The Balaban J connectivity index is 2.03. The lowest BCUT2D eigenvalue weighted by molar-refractivity contribution is -0.147. The van der Waals surface area contributed by atoms with E-state index in [2.05, 4.69) is 4.74 Å². The molecule has 0 aromatic heterocycles. The Kier molecular flexibility index (Phi) is 2.90. The Bertz CT molecular complexity index is 277. The number of carbonyl (C=O) groups excluding carboxylic acids is 1. The van der Waals surface area contributed by atoms with Gasteiger partial charge in [0, 0.05) is 18.3 Å². The summed E-state index contributed by atoms with van der Waals surface area (Å²) in [6.07, 6.45) is 0.569. The fourth-order valence-corrected chi connectivity index (χ4v) is 2.49. The summed E-state index contributed by atoms with van der Waals surface area (Å²) in [4.78, 5) is 11.3. The number of alkyl halides is 2. The number of ether oxygens (including phenoxy) is 2. The zero-order valence-electron chi connectivity index (χ0n) is 9.30. The highest BCUT2D eigenvalue weighted by Crippen LogP contribution is 2.51. The van der Waals surface area contributed by atoms with Gasteiger partial charge >= 0.3 is 5.97 Å². The predicted molar refractivity (Wildman–Crippen MR) is 52.2 cm³/mol. The van der Waals surface area contributed by atoms with Crippen LogP contribution in [0, 0.1) is 5.41 Å². The van der Waals surface area contributed by atoms with Crippen molar-refractivity contribution in [2.45, 2.75) is 44.1 Å². The predicted octanol–water partition coefficient (Wildman–Crippen LogP) is 2.14. The first-order valence-electron chi connectivity index (χ1n) is 5.54. The summed E-state index contributed by atoms with van der Waals surface area (Å²) in [7, 11) is 1.32. The monoisotopic (exact) mass is 234 g/mol. The van der Waals surface area contributed by atoms with Crippen LogP contribution in [0.4, 0.5) is 8.78 Å². The minimum Gasteiger partial charge on any atom is -0.469 e. The van der Waals surface area contributed by atoms with E-state index in [1.165, 1.54) is 7.11 Å². The Morgan fingerprint density at radius 1 is 1.38 bits per heavy atom. The van der Waals surface area contributed by atoms with Crippen molar-refractivity contribution in [1.29, 1.82) is 0 Å². The molecule has 0 aromatic carbocycles. The third-order valence-corrected chi connectivity index (χ3v) is 3.72. The van der Waals surface area contributed by atoms with Crippen LogP contribution in [-0.4, -0.2) is 31.7 Å². The number of hydrogen-bond acceptors (Lipinski definition) is 3. The quantitative estimate of drug-likeness (QED) is 0.554. The number of methoxy groups -OCH3 is 1. The number of hydrogen-bond donors (Lipinski definition) is 0. The zero-order chi connectivity index (χ0) is 11.8. The van der Waals surface area contributed by atoms with Crippen molar-refractivity contribution in [3.63, 3.8) is 0 Å². The normalized spacial score (nSPS) is 30.8. The molecule has 2 aliphatic rings. The Morgan fingerprint density at radius 2 is 1.94 bits per heavy atom. The lowest BCUT2D eigenvalue weighted by atomic mass is 9.68. The lowest BCUT2D eigenvalue weighted by Crippen LogP contribution is -2.39. The average Bonchev–Trinajstić information content (AvgIpc) is 3.05. The molecule has 1 saturated carbocycles. The van der Waals surface area contributed by atoms with E-state index in [9.17, 15) is 13.6 Å². The van der Waals surface area contributed by atoms with Crippen LogP contribution in [0.3, 0.4) is 0 Å². The van der Waals surface area contributed by atoms with Gasteiger partial charge in [-0.3, -0.25) is 4.79 Å². The molecule has 0 radical (unpaired) electrons. The van der Waals surface area contributed by atoms with E-state index in [1.807, 2.05) is 0 Å². The molecule has 3 nitrogen and oxygen atoms in total. The molecule has 0 aromatic rings. The van der Waals surface area contributed by atoms with Gasteiger partial charge < -0.3 is 9.47 Å². The van der Waals surface area contributed by atoms with E-state index in [0.717, 1.165) is 0 Å². The van der Waals surface area contributed by atoms with Crippen molar-refractivity contribution in [3.8, 4) is 0 Å². The third kappa shape index (κ3) is 2.34. The van der Waals surface area contributed by atoms with Crippen LogP contribution in [-0.2, 0) is 14.3 Å². The van der Waals surface area contributed by atoms with Gasteiger partial charge in [-0.15, -0.1) is 0 Å². The van der Waals surface area contributed by atoms with Gasteiger partial charge in [0.2, 0.25) is 5.92 Å². The molecule has 1 aliphatic carbocycles. The van der Waals surface area contributed by atoms with Gasteiger partial charge in [-0.05, 0) is 12.8 Å².